The summed E-state index contributed by atoms with van der Waals surface area (Å²) in [5.41, 5.74) is 2.12. The Labute approximate surface area is 253 Å². The number of furan rings is 1. The second-order valence-electron chi connectivity index (χ2n) is 11.6. The molecule has 2 unspecified atom stereocenters. The molecule has 6 rings (SSSR count). The van der Waals surface area contributed by atoms with E-state index in [1.807, 2.05) is 38.1 Å². The van der Waals surface area contributed by atoms with Crippen LogP contribution in [0.25, 0.3) is 22.1 Å². The molecule has 2 aliphatic heterocycles. The zero-order valence-corrected chi connectivity index (χ0v) is 25.1. The number of para-hydroxylation sites is 1. The van der Waals surface area contributed by atoms with Crippen molar-refractivity contribution in [3.05, 3.63) is 63.3 Å². The van der Waals surface area contributed by atoms with Gasteiger partial charge in [0, 0.05) is 48.7 Å². The number of carbonyl (C=O) groups is 2. The lowest BCUT2D eigenvalue weighted by Crippen LogP contribution is -2.51. The van der Waals surface area contributed by atoms with Gasteiger partial charge in [-0.1, -0.05) is 37.6 Å². The van der Waals surface area contributed by atoms with Gasteiger partial charge in [0.05, 0.1) is 18.0 Å². The summed E-state index contributed by atoms with van der Waals surface area (Å²) >= 11 is 6.14. The normalized spacial score (nSPS) is 20.6. The van der Waals surface area contributed by atoms with Crippen molar-refractivity contribution >= 4 is 51.5 Å². The molecule has 0 spiro atoms. The summed E-state index contributed by atoms with van der Waals surface area (Å²) < 4.78 is 11.6. The quantitative estimate of drug-likeness (QED) is 0.296. The Bertz CT molecular complexity index is 1730. The number of carbonyl (C=O) groups excluding carboxylic acids is 2. The first-order chi connectivity index (χ1) is 20.7. The van der Waals surface area contributed by atoms with Gasteiger partial charge in [-0.25, -0.2) is 14.8 Å². The minimum Gasteiger partial charge on any atom is -0.450 e. The van der Waals surface area contributed by atoms with Crippen molar-refractivity contribution < 1.29 is 18.7 Å². The molecule has 2 fully saturated rings. The Morgan fingerprint density at radius 3 is 2.79 bits per heavy atom. The maximum absolute atomic E-state index is 12.8. The van der Waals surface area contributed by atoms with E-state index in [9.17, 15) is 14.4 Å². The molecule has 12 heteroatoms. The molecule has 1 aromatic carbocycles. The van der Waals surface area contributed by atoms with Crippen molar-refractivity contribution in [2.45, 2.75) is 44.9 Å². The lowest BCUT2D eigenvalue weighted by molar-refractivity contribution is -0.120. The van der Waals surface area contributed by atoms with Crippen molar-refractivity contribution in [3.63, 3.8) is 0 Å². The highest BCUT2D eigenvalue weighted by atomic mass is 35.5. The van der Waals surface area contributed by atoms with Crippen LogP contribution in [0, 0.1) is 5.92 Å². The molecule has 226 valence electrons. The average Bonchev–Trinajstić information content (AvgIpc) is 3.66. The van der Waals surface area contributed by atoms with Crippen LogP contribution in [0.3, 0.4) is 0 Å². The van der Waals surface area contributed by atoms with E-state index in [0.717, 1.165) is 42.7 Å². The molecule has 4 aromatic rings. The number of amides is 2. The Morgan fingerprint density at radius 2 is 2.00 bits per heavy atom. The Balaban J connectivity index is 1.03. The molecular weight excluding hydrogens is 572 g/mol. The SMILES string of the molecule is CC1CN(C(=O)OCCNC(=O)Cc2nc(N3CCCC3)c3oc4ccccc4c3n2)CCC1(C)c1cc(Cl)c[nH]c1=O. The molecule has 2 saturated heterocycles. The van der Waals surface area contributed by atoms with Crippen LogP contribution in [0.15, 0.2) is 45.7 Å². The third-order valence-corrected chi connectivity index (χ3v) is 9.06. The smallest absolute Gasteiger partial charge is 0.409 e. The van der Waals surface area contributed by atoms with Gasteiger partial charge in [-0.2, -0.15) is 0 Å². The van der Waals surface area contributed by atoms with E-state index in [0.29, 0.717) is 47.0 Å². The molecule has 2 amide bonds. The second kappa shape index (κ2) is 11.9. The average molecular weight is 607 g/mol. The van der Waals surface area contributed by atoms with Gasteiger partial charge >= 0.3 is 6.09 Å². The molecule has 5 heterocycles. The summed E-state index contributed by atoms with van der Waals surface area (Å²) in [5, 5.41) is 4.17. The highest BCUT2D eigenvalue weighted by Crippen LogP contribution is 2.38. The summed E-state index contributed by atoms with van der Waals surface area (Å²) in [6.07, 6.45) is 3.79. The predicted octanol–water partition coefficient (Wildman–Crippen LogP) is 4.41. The van der Waals surface area contributed by atoms with Gasteiger partial charge in [0.25, 0.3) is 5.56 Å². The zero-order chi connectivity index (χ0) is 30.1. The zero-order valence-electron chi connectivity index (χ0n) is 24.3. The van der Waals surface area contributed by atoms with Crippen LogP contribution in [0.1, 0.15) is 44.5 Å². The maximum Gasteiger partial charge on any atom is 0.409 e. The van der Waals surface area contributed by atoms with Crippen molar-refractivity contribution in [2.75, 3.05) is 44.2 Å². The Kier molecular flexibility index (Phi) is 8.00. The predicted molar refractivity (Wildman–Crippen MR) is 164 cm³/mol. The molecule has 43 heavy (non-hydrogen) atoms. The third-order valence-electron chi connectivity index (χ3n) is 8.85. The number of pyridine rings is 1. The number of rotatable bonds is 7. The number of nitrogens with zero attached hydrogens (tertiary/aromatic N) is 4. The minimum absolute atomic E-state index is 0.00297. The van der Waals surface area contributed by atoms with E-state index in [2.05, 4.69) is 15.2 Å². The number of nitrogens with one attached hydrogen (secondary N) is 2. The van der Waals surface area contributed by atoms with Gasteiger partial charge in [0.15, 0.2) is 11.4 Å². The van der Waals surface area contributed by atoms with Crippen LogP contribution < -0.4 is 15.8 Å². The van der Waals surface area contributed by atoms with E-state index < -0.39 is 11.5 Å². The van der Waals surface area contributed by atoms with Crippen molar-refractivity contribution in [2.24, 2.45) is 5.92 Å². The highest BCUT2D eigenvalue weighted by molar-refractivity contribution is 6.30. The number of hydrogen-bond acceptors (Lipinski definition) is 8. The molecule has 2 aliphatic rings. The largest absolute Gasteiger partial charge is 0.450 e. The fourth-order valence-corrected chi connectivity index (χ4v) is 6.32. The number of benzene rings is 1. The lowest BCUT2D eigenvalue weighted by Gasteiger charge is -2.44. The molecule has 3 aromatic heterocycles. The summed E-state index contributed by atoms with van der Waals surface area (Å²) in [7, 11) is 0. The molecule has 0 radical (unpaired) electrons. The van der Waals surface area contributed by atoms with E-state index in [4.69, 9.17) is 30.7 Å². The molecule has 0 aliphatic carbocycles. The first-order valence-electron chi connectivity index (χ1n) is 14.7. The molecule has 2 atom stereocenters. The number of hydrogen-bond donors (Lipinski definition) is 2. The van der Waals surface area contributed by atoms with Crippen molar-refractivity contribution in [1.82, 2.24) is 25.2 Å². The number of piperidine rings is 1. The number of aromatic nitrogens is 3. The standard InChI is InChI=1S/C31H35ClN6O5/c1-19-18-38(13-9-31(19,2)22-15-20(32)17-34-29(22)40)30(41)42-14-10-33-25(39)16-24-35-26-21-7-3-4-8-23(21)43-27(26)28(36-24)37-11-5-6-12-37/h3-4,7-8,15,17,19H,5-6,9-14,16,18H2,1-2H3,(H,33,39)(H,34,40). The van der Waals surface area contributed by atoms with E-state index in [-0.39, 0.29) is 37.0 Å². The van der Waals surface area contributed by atoms with Gasteiger partial charge in [-0.15, -0.1) is 0 Å². The van der Waals surface area contributed by atoms with Crippen LogP contribution >= 0.6 is 11.6 Å². The summed E-state index contributed by atoms with van der Waals surface area (Å²) in [5.74, 6) is 0.884. The Hall–Kier alpha value is -4.12. The lowest BCUT2D eigenvalue weighted by atomic mass is 9.68. The number of H-pyrrole nitrogens is 1. The van der Waals surface area contributed by atoms with Gasteiger partial charge in [-0.05, 0) is 43.4 Å². The first-order valence-corrected chi connectivity index (χ1v) is 15.1. The van der Waals surface area contributed by atoms with Crippen LogP contribution in [0.4, 0.5) is 10.6 Å². The topological polar surface area (TPSA) is 134 Å². The molecule has 2 N–H and O–H groups in total. The number of fused-ring (bicyclic) bond motifs is 3. The van der Waals surface area contributed by atoms with Gasteiger partial charge < -0.3 is 29.3 Å². The van der Waals surface area contributed by atoms with E-state index >= 15 is 0 Å². The number of aromatic amines is 1. The number of halogens is 1. The maximum atomic E-state index is 12.8. The van der Waals surface area contributed by atoms with E-state index in [1.165, 1.54) is 6.20 Å². The number of anilines is 1. The van der Waals surface area contributed by atoms with E-state index in [1.54, 1.807) is 11.0 Å². The van der Waals surface area contributed by atoms with Gasteiger partial charge in [-0.3, -0.25) is 9.59 Å². The monoisotopic (exact) mass is 606 g/mol. The fraction of sp³-hybridized carbons (Fsp3) is 0.452. The molecular formula is C31H35ClN6O5. The van der Waals surface area contributed by atoms with Crippen LogP contribution in [0.5, 0.6) is 0 Å². The van der Waals surface area contributed by atoms with Crippen molar-refractivity contribution in [1.29, 1.82) is 0 Å². The fourth-order valence-electron chi connectivity index (χ4n) is 6.15. The van der Waals surface area contributed by atoms with Crippen molar-refractivity contribution in [3.8, 4) is 0 Å². The molecule has 0 bridgehead atoms. The van der Waals surface area contributed by atoms with Crippen LogP contribution in [-0.4, -0.2) is 71.2 Å². The molecule has 11 nitrogen and oxygen atoms in total. The summed E-state index contributed by atoms with van der Waals surface area (Å²) in [6, 6.07) is 9.43. The minimum atomic E-state index is -0.445. The van der Waals surface area contributed by atoms with Crippen LogP contribution in [0.2, 0.25) is 5.02 Å². The first kappa shape index (κ1) is 29.0. The van der Waals surface area contributed by atoms with Crippen LogP contribution in [-0.2, 0) is 21.4 Å². The highest BCUT2D eigenvalue weighted by Gasteiger charge is 2.41. The molecule has 0 saturated carbocycles. The van der Waals surface area contributed by atoms with Gasteiger partial charge in [0.1, 0.15) is 23.5 Å². The second-order valence-corrected chi connectivity index (χ2v) is 12.1. The number of likely N-dealkylation sites (tertiary alicyclic amines) is 1. The third kappa shape index (κ3) is 5.78. The Morgan fingerprint density at radius 1 is 1.21 bits per heavy atom. The number of ether oxygens (including phenoxy) is 1. The summed E-state index contributed by atoms with van der Waals surface area (Å²) in [6.45, 7) is 6.89. The summed E-state index contributed by atoms with van der Waals surface area (Å²) in [4.78, 5) is 54.0. The van der Waals surface area contributed by atoms with Gasteiger partial charge in [0.2, 0.25) is 5.91 Å².